The van der Waals surface area contributed by atoms with Crippen molar-refractivity contribution in [1.82, 2.24) is 10.3 Å². The molecule has 1 aromatic carbocycles. The Morgan fingerprint density at radius 1 is 1.26 bits per heavy atom. The summed E-state index contributed by atoms with van der Waals surface area (Å²) in [5.74, 6) is -0.205. The molecule has 1 heterocycles. The molecule has 1 unspecified atom stereocenters. The molecule has 0 aliphatic rings. The van der Waals surface area contributed by atoms with Crippen LogP contribution in [0.15, 0.2) is 24.3 Å². The van der Waals surface area contributed by atoms with Crippen LogP contribution in [0.1, 0.15) is 41.0 Å². The van der Waals surface area contributed by atoms with E-state index in [2.05, 4.69) is 26.1 Å². The van der Waals surface area contributed by atoms with Crippen LogP contribution >= 0.6 is 11.3 Å². The summed E-state index contributed by atoms with van der Waals surface area (Å²) in [6, 6.07) is 6.70. The quantitative estimate of drug-likeness (QED) is 0.898. The summed E-state index contributed by atoms with van der Waals surface area (Å²) < 4.78 is 13.0. The van der Waals surface area contributed by atoms with E-state index in [0.717, 1.165) is 29.2 Å². The van der Waals surface area contributed by atoms with Crippen LogP contribution in [-0.2, 0) is 6.42 Å². The zero-order valence-electron chi connectivity index (χ0n) is 11.5. The Morgan fingerprint density at radius 3 is 2.47 bits per heavy atom. The molecule has 1 atom stereocenters. The molecule has 0 aliphatic heterocycles. The third-order valence-electron chi connectivity index (χ3n) is 3.10. The molecule has 0 radical (unpaired) electrons. The second-order valence-corrected chi connectivity index (χ2v) is 5.69. The maximum atomic E-state index is 13.0. The van der Waals surface area contributed by atoms with Gasteiger partial charge in [0.2, 0.25) is 0 Å². The first-order chi connectivity index (χ1) is 9.15. The Balaban J connectivity index is 2.35. The van der Waals surface area contributed by atoms with Gasteiger partial charge in [0, 0.05) is 4.88 Å². The third kappa shape index (κ3) is 3.19. The topological polar surface area (TPSA) is 24.9 Å². The van der Waals surface area contributed by atoms with E-state index < -0.39 is 0 Å². The number of aryl methyl sites for hydroxylation is 2. The summed E-state index contributed by atoms with van der Waals surface area (Å²) in [5.41, 5.74) is 2.21. The van der Waals surface area contributed by atoms with Gasteiger partial charge in [0.25, 0.3) is 0 Å². The first kappa shape index (κ1) is 14.2. The zero-order valence-corrected chi connectivity index (χ0v) is 12.4. The molecule has 1 N–H and O–H groups in total. The van der Waals surface area contributed by atoms with Gasteiger partial charge < -0.3 is 5.32 Å². The molecule has 0 amide bonds. The number of hydrogen-bond acceptors (Lipinski definition) is 3. The number of nitrogens with one attached hydrogen (secondary N) is 1. The van der Waals surface area contributed by atoms with Crippen LogP contribution in [0, 0.1) is 12.7 Å². The average molecular weight is 278 g/mol. The van der Waals surface area contributed by atoms with Gasteiger partial charge in [-0.15, -0.1) is 11.3 Å². The van der Waals surface area contributed by atoms with Crippen LogP contribution in [-0.4, -0.2) is 11.5 Å². The fourth-order valence-electron chi connectivity index (χ4n) is 2.11. The highest BCUT2D eigenvalue weighted by atomic mass is 32.1. The van der Waals surface area contributed by atoms with Crippen molar-refractivity contribution in [2.45, 2.75) is 33.2 Å². The van der Waals surface area contributed by atoms with Gasteiger partial charge in [0.1, 0.15) is 10.8 Å². The third-order valence-corrected chi connectivity index (χ3v) is 4.18. The Labute approximate surface area is 117 Å². The fraction of sp³-hybridized carbons (Fsp3) is 0.400. The standard InChI is InChI=1S/C15H19FN2S/c1-4-13-10(3)19-15(18-13)14(17-5-2)11-6-8-12(16)9-7-11/h6-9,14,17H,4-5H2,1-3H3. The van der Waals surface area contributed by atoms with Crippen molar-refractivity contribution in [2.75, 3.05) is 6.54 Å². The number of nitrogens with zero attached hydrogens (tertiary/aromatic N) is 1. The predicted molar refractivity (Wildman–Crippen MR) is 78.1 cm³/mol. The number of benzene rings is 1. The fourth-order valence-corrected chi connectivity index (χ4v) is 3.22. The average Bonchev–Trinajstić information content (AvgIpc) is 2.78. The predicted octanol–water partition coefficient (Wildman–Crippen LogP) is 3.85. The van der Waals surface area contributed by atoms with Crippen LogP contribution in [0.5, 0.6) is 0 Å². The first-order valence-corrected chi connectivity index (χ1v) is 7.42. The van der Waals surface area contributed by atoms with Gasteiger partial charge in [-0.2, -0.15) is 0 Å². The Morgan fingerprint density at radius 2 is 1.95 bits per heavy atom. The highest BCUT2D eigenvalue weighted by Crippen LogP contribution is 2.28. The van der Waals surface area contributed by atoms with Crippen molar-refractivity contribution in [3.8, 4) is 0 Å². The second kappa shape index (κ2) is 6.26. The lowest BCUT2D eigenvalue weighted by atomic mass is 10.1. The van der Waals surface area contributed by atoms with E-state index in [9.17, 15) is 4.39 Å². The van der Waals surface area contributed by atoms with Crippen molar-refractivity contribution in [1.29, 1.82) is 0 Å². The van der Waals surface area contributed by atoms with Gasteiger partial charge in [-0.1, -0.05) is 26.0 Å². The van der Waals surface area contributed by atoms with Crippen LogP contribution in [0.4, 0.5) is 4.39 Å². The van der Waals surface area contributed by atoms with Crippen LogP contribution in [0.3, 0.4) is 0 Å². The van der Waals surface area contributed by atoms with Crippen molar-refractivity contribution in [3.63, 3.8) is 0 Å². The lowest BCUT2D eigenvalue weighted by molar-refractivity contribution is 0.611. The molecular weight excluding hydrogens is 259 g/mol. The molecule has 2 nitrogen and oxygen atoms in total. The maximum absolute atomic E-state index is 13.0. The van der Waals surface area contributed by atoms with Crippen LogP contribution < -0.4 is 5.32 Å². The molecule has 0 aliphatic carbocycles. The SMILES string of the molecule is CCNC(c1ccc(F)cc1)c1nc(CC)c(C)s1. The van der Waals surface area contributed by atoms with Gasteiger partial charge in [0.05, 0.1) is 11.7 Å². The molecule has 2 aromatic rings. The van der Waals surface area contributed by atoms with Crippen molar-refractivity contribution in [3.05, 3.63) is 51.2 Å². The lowest BCUT2D eigenvalue weighted by Crippen LogP contribution is -2.21. The molecule has 0 bridgehead atoms. The highest BCUT2D eigenvalue weighted by Gasteiger charge is 2.18. The van der Waals surface area contributed by atoms with E-state index in [-0.39, 0.29) is 11.9 Å². The molecule has 0 saturated carbocycles. The highest BCUT2D eigenvalue weighted by molar-refractivity contribution is 7.11. The van der Waals surface area contributed by atoms with E-state index in [1.165, 1.54) is 17.0 Å². The number of halogens is 1. The smallest absolute Gasteiger partial charge is 0.123 e. The Kier molecular flexibility index (Phi) is 4.66. The molecule has 102 valence electrons. The van der Waals surface area contributed by atoms with Crippen molar-refractivity contribution in [2.24, 2.45) is 0 Å². The van der Waals surface area contributed by atoms with Crippen LogP contribution in [0.25, 0.3) is 0 Å². The summed E-state index contributed by atoms with van der Waals surface area (Å²) in [7, 11) is 0. The minimum Gasteiger partial charge on any atom is -0.305 e. The molecule has 2 rings (SSSR count). The summed E-state index contributed by atoms with van der Waals surface area (Å²) in [6.45, 7) is 7.14. The van der Waals surface area contributed by atoms with E-state index in [1.807, 2.05) is 12.1 Å². The molecule has 0 saturated heterocycles. The molecule has 1 aromatic heterocycles. The molecule has 0 fully saturated rings. The lowest BCUT2D eigenvalue weighted by Gasteiger charge is -2.15. The van der Waals surface area contributed by atoms with E-state index in [0.29, 0.717) is 0 Å². The Bertz CT molecular complexity index is 534. The van der Waals surface area contributed by atoms with Crippen molar-refractivity contribution >= 4 is 11.3 Å². The largest absolute Gasteiger partial charge is 0.305 e. The minimum atomic E-state index is -0.205. The van der Waals surface area contributed by atoms with E-state index >= 15 is 0 Å². The molecule has 4 heteroatoms. The summed E-state index contributed by atoms with van der Waals surface area (Å²) in [5, 5.41) is 4.48. The van der Waals surface area contributed by atoms with Gasteiger partial charge in [0.15, 0.2) is 0 Å². The number of thiazole rings is 1. The van der Waals surface area contributed by atoms with Gasteiger partial charge in [-0.3, -0.25) is 0 Å². The first-order valence-electron chi connectivity index (χ1n) is 6.60. The summed E-state index contributed by atoms with van der Waals surface area (Å²) in [4.78, 5) is 5.97. The molecule has 19 heavy (non-hydrogen) atoms. The number of aromatic nitrogens is 1. The van der Waals surface area contributed by atoms with E-state index in [1.54, 1.807) is 11.3 Å². The second-order valence-electron chi connectivity index (χ2n) is 4.45. The molecule has 0 spiro atoms. The number of rotatable bonds is 5. The summed E-state index contributed by atoms with van der Waals surface area (Å²) >= 11 is 1.72. The minimum absolute atomic E-state index is 0.0506. The Hall–Kier alpha value is -1.26. The normalized spacial score (nSPS) is 12.6. The van der Waals surface area contributed by atoms with Crippen LogP contribution in [0.2, 0.25) is 0 Å². The van der Waals surface area contributed by atoms with Crippen molar-refractivity contribution < 1.29 is 4.39 Å². The maximum Gasteiger partial charge on any atom is 0.123 e. The van der Waals surface area contributed by atoms with Gasteiger partial charge >= 0.3 is 0 Å². The summed E-state index contributed by atoms with van der Waals surface area (Å²) in [6.07, 6.45) is 0.949. The van der Waals surface area contributed by atoms with E-state index in [4.69, 9.17) is 4.98 Å². The molecular formula is C15H19FN2S. The van der Waals surface area contributed by atoms with Gasteiger partial charge in [-0.25, -0.2) is 9.37 Å². The zero-order chi connectivity index (χ0) is 13.8. The van der Waals surface area contributed by atoms with Gasteiger partial charge in [-0.05, 0) is 37.6 Å². The number of hydrogen-bond donors (Lipinski definition) is 1. The monoisotopic (exact) mass is 278 g/mol.